The van der Waals surface area contributed by atoms with Crippen LogP contribution < -0.4 is 5.73 Å². The molecule has 0 radical (unpaired) electrons. The van der Waals surface area contributed by atoms with E-state index in [4.69, 9.17) is 10.7 Å². The number of pyridine rings is 1. The third-order valence-corrected chi connectivity index (χ3v) is 3.03. The van der Waals surface area contributed by atoms with Gasteiger partial charge in [0.05, 0.1) is 0 Å². The van der Waals surface area contributed by atoms with E-state index >= 15 is 0 Å². The van der Waals surface area contributed by atoms with Gasteiger partial charge >= 0.3 is 0 Å². The van der Waals surface area contributed by atoms with Crippen molar-refractivity contribution in [2.75, 3.05) is 6.54 Å². The van der Waals surface area contributed by atoms with Gasteiger partial charge in [-0.3, -0.25) is 0 Å². The molecule has 0 bridgehead atoms. The number of hydrogen-bond acceptors (Lipinski definition) is 3. The molecule has 17 heavy (non-hydrogen) atoms. The van der Waals surface area contributed by atoms with Gasteiger partial charge in [-0.2, -0.15) is 0 Å². The Morgan fingerprint density at radius 3 is 2.76 bits per heavy atom. The molecule has 2 aromatic rings. The predicted octanol–water partition coefficient (Wildman–Crippen LogP) is 2.46. The summed E-state index contributed by atoms with van der Waals surface area (Å²) in [6, 6.07) is 4.31. The first-order valence-electron chi connectivity index (χ1n) is 6.18. The molecule has 2 aromatic heterocycles. The molecule has 0 aliphatic rings. The summed E-state index contributed by atoms with van der Waals surface area (Å²) >= 11 is 0. The summed E-state index contributed by atoms with van der Waals surface area (Å²) in [5.41, 5.74) is 7.58. The number of nitrogens with zero attached hydrogens (tertiary/aromatic N) is 3. The molecule has 2 N–H and O–H groups in total. The van der Waals surface area contributed by atoms with Crippen LogP contribution in [0.25, 0.3) is 11.2 Å². The van der Waals surface area contributed by atoms with E-state index in [1.54, 1.807) is 0 Å². The number of rotatable bonds is 4. The van der Waals surface area contributed by atoms with Crippen molar-refractivity contribution in [1.82, 2.24) is 14.5 Å². The number of aromatic nitrogens is 3. The summed E-state index contributed by atoms with van der Waals surface area (Å²) in [4.78, 5) is 9.13. The summed E-state index contributed by atoms with van der Waals surface area (Å²) in [5, 5.41) is 0. The first kappa shape index (κ1) is 12.0. The van der Waals surface area contributed by atoms with E-state index in [1.165, 1.54) is 0 Å². The van der Waals surface area contributed by atoms with E-state index in [0.717, 1.165) is 23.4 Å². The van der Waals surface area contributed by atoms with Gasteiger partial charge in [0, 0.05) is 18.2 Å². The summed E-state index contributed by atoms with van der Waals surface area (Å²) in [6.45, 7) is 7.19. The first-order valence-corrected chi connectivity index (χ1v) is 6.18. The average Bonchev–Trinajstić information content (AvgIpc) is 2.68. The van der Waals surface area contributed by atoms with E-state index in [9.17, 15) is 0 Å². The number of hydrogen-bond donors (Lipinski definition) is 1. The zero-order valence-corrected chi connectivity index (χ0v) is 10.7. The molecule has 0 aliphatic carbocycles. The Bertz CT molecular complexity index is 501. The van der Waals surface area contributed by atoms with Crippen LogP contribution in [-0.2, 0) is 0 Å². The van der Waals surface area contributed by atoms with Crippen LogP contribution in [0.4, 0.5) is 0 Å². The lowest BCUT2D eigenvalue weighted by atomic mass is 10.1. The molecule has 0 amide bonds. The van der Waals surface area contributed by atoms with Gasteiger partial charge in [0.2, 0.25) is 0 Å². The van der Waals surface area contributed by atoms with Crippen molar-refractivity contribution in [1.29, 1.82) is 0 Å². The summed E-state index contributed by atoms with van der Waals surface area (Å²) < 4.78 is 2.22. The van der Waals surface area contributed by atoms with Gasteiger partial charge in [0.25, 0.3) is 0 Å². The Labute approximate surface area is 102 Å². The lowest BCUT2D eigenvalue weighted by molar-refractivity contribution is 0.535. The van der Waals surface area contributed by atoms with E-state index < -0.39 is 0 Å². The van der Waals surface area contributed by atoms with E-state index in [2.05, 4.69) is 30.3 Å². The molecule has 0 aliphatic heterocycles. The minimum absolute atomic E-state index is 0.366. The van der Waals surface area contributed by atoms with Crippen LogP contribution >= 0.6 is 0 Å². The van der Waals surface area contributed by atoms with Gasteiger partial charge < -0.3 is 10.3 Å². The topological polar surface area (TPSA) is 56.7 Å². The zero-order chi connectivity index (χ0) is 12.4. The van der Waals surface area contributed by atoms with E-state index in [-0.39, 0.29) is 0 Å². The quantitative estimate of drug-likeness (QED) is 0.881. The standard InChI is InChI=1S/C13H20N4/c1-9(2)17-12(10(3)6-7-14)16-11-5-4-8-15-13(11)17/h4-5,8-10H,6-7,14H2,1-3H3. The monoisotopic (exact) mass is 232 g/mol. The normalized spacial score (nSPS) is 13.5. The largest absolute Gasteiger partial charge is 0.330 e. The highest BCUT2D eigenvalue weighted by Crippen LogP contribution is 2.25. The van der Waals surface area contributed by atoms with Crippen molar-refractivity contribution >= 4 is 11.2 Å². The molecule has 0 aromatic carbocycles. The average molecular weight is 232 g/mol. The highest BCUT2D eigenvalue weighted by Gasteiger charge is 2.18. The number of nitrogens with two attached hydrogens (primary N) is 1. The van der Waals surface area contributed by atoms with Crippen molar-refractivity contribution in [3.05, 3.63) is 24.2 Å². The Hall–Kier alpha value is -1.42. The third kappa shape index (κ3) is 2.17. The van der Waals surface area contributed by atoms with Gasteiger partial charge in [-0.15, -0.1) is 0 Å². The fraction of sp³-hybridized carbons (Fsp3) is 0.538. The molecule has 4 nitrogen and oxygen atoms in total. The smallest absolute Gasteiger partial charge is 0.160 e. The van der Waals surface area contributed by atoms with Crippen LogP contribution in [0.3, 0.4) is 0 Å². The SMILES string of the molecule is CC(CCN)c1nc2cccnc2n1C(C)C. The molecule has 0 saturated carbocycles. The third-order valence-electron chi connectivity index (χ3n) is 3.03. The maximum atomic E-state index is 5.63. The highest BCUT2D eigenvalue weighted by atomic mass is 15.1. The van der Waals surface area contributed by atoms with E-state index in [0.29, 0.717) is 18.5 Å². The predicted molar refractivity (Wildman–Crippen MR) is 70.0 cm³/mol. The van der Waals surface area contributed by atoms with E-state index in [1.807, 2.05) is 18.3 Å². The second-order valence-electron chi connectivity index (χ2n) is 4.76. The molecule has 0 saturated heterocycles. The molecule has 92 valence electrons. The maximum Gasteiger partial charge on any atom is 0.160 e. The second kappa shape index (κ2) is 4.84. The molecular weight excluding hydrogens is 212 g/mol. The molecule has 4 heteroatoms. The second-order valence-corrected chi connectivity index (χ2v) is 4.76. The zero-order valence-electron chi connectivity index (χ0n) is 10.7. The maximum absolute atomic E-state index is 5.63. The molecule has 1 atom stereocenters. The number of fused-ring (bicyclic) bond motifs is 1. The van der Waals surface area contributed by atoms with Crippen LogP contribution in [-0.4, -0.2) is 21.1 Å². The van der Waals surface area contributed by atoms with Crippen LogP contribution in [0, 0.1) is 0 Å². The van der Waals surface area contributed by atoms with Gasteiger partial charge in [-0.1, -0.05) is 6.92 Å². The van der Waals surface area contributed by atoms with Crippen molar-refractivity contribution in [3.8, 4) is 0 Å². The molecule has 2 heterocycles. The summed E-state index contributed by atoms with van der Waals surface area (Å²) in [7, 11) is 0. The fourth-order valence-electron chi connectivity index (χ4n) is 2.18. The molecule has 1 unspecified atom stereocenters. The molecule has 2 rings (SSSR count). The Balaban J connectivity index is 2.57. The number of imidazole rings is 1. The van der Waals surface area contributed by atoms with Gasteiger partial charge in [-0.25, -0.2) is 9.97 Å². The van der Waals surface area contributed by atoms with Crippen molar-refractivity contribution in [2.24, 2.45) is 5.73 Å². The molecule has 0 spiro atoms. The van der Waals surface area contributed by atoms with Crippen LogP contribution in [0.5, 0.6) is 0 Å². The van der Waals surface area contributed by atoms with Crippen molar-refractivity contribution < 1.29 is 0 Å². The minimum atomic E-state index is 0.366. The molecular formula is C13H20N4. The molecule has 0 fully saturated rings. The van der Waals surface area contributed by atoms with Gasteiger partial charge in [-0.05, 0) is 38.9 Å². The summed E-state index contributed by atoms with van der Waals surface area (Å²) in [6.07, 6.45) is 2.77. The Kier molecular flexibility index (Phi) is 3.43. The van der Waals surface area contributed by atoms with Crippen molar-refractivity contribution in [3.63, 3.8) is 0 Å². The lowest BCUT2D eigenvalue weighted by Crippen LogP contribution is -2.12. The Morgan fingerprint density at radius 2 is 2.12 bits per heavy atom. The van der Waals surface area contributed by atoms with Gasteiger partial charge in [0.1, 0.15) is 11.3 Å². The van der Waals surface area contributed by atoms with Crippen LogP contribution in [0.1, 0.15) is 45.0 Å². The van der Waals surface area contributed by atoms with Crippen LogP contribution in [0.2, 0.25) is 0 Å². The van der Waals surface area contributed by atoms with Gasteiger partial charge in [0.15, 0.2) is 5.65 Å². The fourth-order valence-corrected chi connectivity index (χ4v) is 2.18. The van der Waals surface area contributed by atoms with Crippen LogP contribution in [0.15, 0.2) is 18.3 Å². The van der Waals surface area contributed by atoms with Crippen molar-refractivity contribution in [2.45, 2.75) is 39.2 Å². The summed E-state index contributed by atoms with van der Waals surface area (Å²) in [5.74, 6) is 1.47. The minimum Gasteiger partial charge on any atom is -0.330 e. The first-order chi connectivity index (χ1) is 8.15. The lowest BCUT2D eigenvalue weighted by Gasteiger charge is -2.16. The Morgan fingerprint density at radius 1 is 1.35 bits per heavy atom. The highest BCUT2D eigenvalue weighted by molar-refractivity contribution is 5.71.